The Morgan fingerprint density at radius 1 is 1.07 bits per heavy atom. The molecule has 0 saturated carbocycles. The van der Waals surface area contributed by atoms with Gasteiger partial charge in [0.05, 0.1) is 23.0 Å². The number of aryl methyl sites for hydroxylation is 1. The zero-order chi connectivity index (χ0) is 20.1. The lowest BCUT2D eigenvalue weighted by atomic mass is 10.1. The van der Waals surface area contributed by atoms with Gasteiger partial charge in [0.2, 0.25) is 0 Å². The second kappa shape index (κ2) is 8.97. The molecule has 0 aromatic heterocycles. The van der Waals surface area contributed by atoms with E-state index in [1.807, 2.05) is 37.3 Å². The molecule has 7 heteroatoms. The molecule has 1 fully saturated rings. The van der Waals surface area contributed by atoms with Crippen molar-refractivity contribution in [3.8, 4) is 0 Å². The molecule has 1 aliphatic rings. The molecule has 0 unspecified atom stereocenters. The fourth-order valence-electron chi connectivity index (χ4n) is 3.28. The summed E-state index contributed by atoms with van der Waals surface area (Å²) in [5, 5.41) is 3.55. The van der Waals surface area contributed by atoms with Crippen LogP contribution in [-0.2, 0) is 4.74 Å². The van der Waals surface area contributed by atoms with Crippen LogP contribution < -0.4 is 10.2 Å². The first kappa shape index (κ1) is 20.0. The molecular formula is C21H24ClN3O3. The average molecular weight is 402 g/mol. The van der Waals surface area contributed by atoms with Gasteiger partial charge in [-0.05, 0) is 37.6 Å². The number of amides is 2. The predicted octanol–water partition coefficient (Wildman–Crippen LogP) is 4.18. The van der Waals surface area contributed by atoms with Crippen molar-refractivity contribution in [2.45, 2.75) is 13.8 Å². The van der Waals surface area contributed by atoms with Crippen LogP contribution in [0, 0.1) is 6.92 Å². The molecule has 0 aliphatic carbocycles. The monoisotopic (exact) mass is 401 g/mol. The Bertz CT molecular complexity index is 864. The number of para-hydroxylation sites is 1. The van der Waals surface area contributed by atoms with Gasteiger partial charge >= 0.3 is 6.09 Å². The highest BCUT2D eigenvalue weighted by Gasteiger charge is 2.25. The fraction of sp³-hybridized carbons (Fsp3) is 0.333. The van der Waals surface area contributed by atoms with E-state index in [4.69, 9.17) is 16.3 Å². The first-order valence-electron chi connectivity index (χ1n) is 9.33. The zero-order valence-electron chi connectivity index (χ0n) is 16.1. The third-order valence-electron chi connectivity index (χ3n) is 4.75. The van der Waals surface area contributed by atoms with Crippen LogP contribution in [-0.4, -0.2) is 49.7 Å². The number of hydrogen-bond donors (Lipinski definition) is 1. The minimum absolute atomic E-state index is 0.174. The summed E-state index contributed by atoms with van der Waals surface area (Å²) in [5.41, 5.74) is 2.96. The van der Waals surface area contributed by atoms with Crippen LogP contribution >= 0.6 is 11.6 Å². The number of carbonyl (C=O) groups is 2. The van der Waals surface area contributed by atoms with Gasteiger partial charge in [-0.25, -0.2) is 4.79 Å². The molecule has 1 heterocycles. The first-order valence-corrected chi connectivity index (χ1v) is 9.71. The number of benzene rings is 2. The molecule has 0 bridgehead atoms. The van der Waals surface area contributed by atoms with Gasteiger partial charge in [-0.3, -0.25) is 4.79 Å². The van der Waals surface area contributed by atoms with Gasteiger partial charge in [-0.1, -0.05) is 35.9 Å². The molecule has 28 heavy (non-hydrogen) atoms. The Morgan fingerprint density at radius 2 is 1.79 bits per heavy atom. The van der Waals surface area contributed by atoms with Crippen molar-refractivity contribution >= 4 is 35.0 Å². The van der Waals surface area contributed by atoms with Gasteiger partial charge in [0.25, 0.3) is 5.91 Å². The normalized spacial score (nSPS) is 14.0. The number of nitrogens with zero attached hydrogens (tertiary/aromatic N) is 2. The van der Waals surface area contributed by atoms with Gasteiger partial charge in [-0.15, -0.1) is 0 Å². The second-order valence-electron chi connectivity index (χ2n) is 6.58. The molecule has 0 spiro atoms. The molecule has 2 amide bonds. The van der Waals surface area contributed by atoms with E-state index in [2.05, 4.69) is 10.2 Å². The van der Waals surface area contributed by atoms with Gasteiger partial charge in [0, 0.05) is 31.7 Å². The number of carbonyl (C=O) groups excluding carboxylic acids is 2. The molecular weight excluding hydrogens is 378 g/mol. The molecule has 2 aromatic rings. The molecule has 0 atom stereocenters. The van der Waals surface area contributed by atoms with E-state index >= 15 is 0 Å². The second-order valence-corrected chi connectivity index (χ2v) is 6.99. The highest BCUT2D eigenvalue weighted by atomic mass is 35.5. The third-order valence-corrected chi connectivity index (χ3v) is 5.05. The maximum atomic E-state index is 12.8. The fourth-order valence-corrected chi connectivity index (χ4v) is 3.58. The Morgan fingerprint density at radius 3 is 2.46 bits per heavy atom. The van der Waals surface area contributed by atoms with Gasteiger partial charge in [0.1, 0.15) is 0 Å². The number of halogens is 1. The van der Waals surface area contributed by atoms with Crippen LogP contribution in [0.15, 0.2) is 42.5 Å². The average Bonchev–Trinajstić information content (AvgIpc) is 2.69. The quantitative estimate of drug-likeness (QED) is 0.834. The molecule has 1 saturated heterocycles. The summed E-state index contributed by atoms with van der Waals surface area (Å²) in [5.74, 6) is -0.174. The predicted molar refractivity (Wildman–Crippen MR) is 111 cm³/mol. The molecule has 3 rings (SSSR count). The summed E-state index contributed by atoms with van der Waals surface area (Å²) in [6.45, 7) is 6.35. The summed E-state index contributed by atoms with van der Waals surface area (Å²) in [7, 11) is 0. The van der Waals surface area contributed by atoms with Crippen molar-refractivity contribution < 1.29 is 14.3 Å². The Balaban J connectivity index is 1.77. The SMILES string of the molecule is CCOC(=O)N1CCN(c2c(Cl)cccc2NC(=O)c2ccccc2C)CC1. The Hall–Kier alpha value is -2.73. The van der Waals surface area contributed by atoms with E-state index in [-0.39, 0.29) is 12.0 Å². The lowest BCUT2D eigenvalue weighted by Gasteiger charge is -2.36. The zero-order valence-corrected chi connectivity index (χ0v) is 16.8. The standard InChI is InChI=1S/C21H24ClN3O3/c1-3-28-21(27)25-13-11-24(12-14-25)19-17(22)9-6-10-18(19)23-20(26)16-8-5-4-7-15(16)2/h4-10H,3,11-14H2,1-2H3,(H,23,26). The van der Waals surface area contributed by atoms with Crippen molar-refractivity contribution in [1.29, 1.82) is 0 Å². The lowest BCUT2D eigenvalue weighted by molar-refractivity contribution is 0.102. The van der Waals surface area contributed by atoms with Crippen LogP contribution in [0.2, 0.25) is 5.02 Å². The van der Waals surface area contributed by atoms with E-state index in [1.54, 1.807) is 24.0 Å². The molecule has 0 radical (unpaired) electrons. The molecule has 1 aliphatic heterocycles. The molecule has 6 nitrogen and oxygen atoms in total. The van der Waals surface area contributed by atoms with Crippen LogP contribution in [0.1, 0.15) is 22.8 Å². The van der Waals surface area contributed by atoms with Crippen LogP contribution in [0.25, 0.3) is 0 Å². The summed E-state index contributed by atoms with van der Waals surface area (Å²) in [6, 6.07) is 12.9. The number of piperazine rings is 1. The molecule has 148 valence electrons. The largest absolute Gasteiger partial charge is 0.450 e. The van der Waals surface area contributed by atoms with E-state index in [0.29, 0.717) is 49.1 Å². The maximum absolute atomic E-state index is 12.8. The maximum Gasteiger partial charge on any atom is 0.409 e. The lowest BCUT2D eigenvalue weighted by Crippen LogP contribution is -2.49. The number of hydrogen-bond acceptors (Lipinski definition) is 4. The molecule has 2 aromatic carbocycles. The molecule has 1 N–H and O–H groups in total. The van der Waals surface area contributed by atoms with Crippen molar-refractivity contribution in [3.63, 3.8) is 0 Å². The van der Waals surface area contributed by atoms with Crippen molar-refractivity contribution in [2.24, 2.45) is 0 Å². The van der Waals surface area contributed by atoms with Gasteiger partial charge in [-0.2, -0.15) is 0 Å². The topological polar surface area (TPSA) is 61.9 Å². The Kier molecular flexibility index (Phi) is 6.41. The smallest absolute Gasteiger partial charge is 0.409 e. The van der Waals surface area contributed by atoms with E-state index < -0.39 is 0 Å². The van der Waals surface area contributed by atoms with Crippen molar-refractivity contribution in [2.75, 3.05) is 43.0 Å². The van der Waals surface area contributed by atoms with Crippen LogP contribution in [0.5, 0.6) is 0 Å². The number of anilines is 2. The number of rotatable bonds is 4. The summed E-state index contributed by atoms with van der Waals surface area (Å²) < 4.78 is 5.07. The van der Waals surface area contributed by atoms with Crippen LogP contribution in [0.3, 0.4) is 0 Å². The highest BCUT2D eigenvalue weighted by Crippen LogP contribution is 2.35. The number of nitrogens with one attached hydrogen (secondary N) is 1. The minimum atomic E-state index is -0.297. The van der Waals surface area contributed by atoms with E-state index in [0.717, 1.165) is 11.3 Å². The van der Waals surface area contributed by atoms with Crippen molar-refractivity contribution in [3.05, 3.63) is 58.6 Å². The summed E-state index contributed by atoms with van der Waals surface area (Å²) in [6.07, 6.45) is -0.297. The highest BCUT2D eigenvalue weighted by molar-refractivity contribution is 6.34. The summed E-state index contributed by atoms with van der Waals surface area (Å²) >= 11 is 6.47. The summed E-state index contributed by atoms with van der Waals surface area (Å²) in [4.78, 5) is 28.4. The van der Waals surface area contributed by atoms with Crippen molar-refractivity contribution in [1.82, 2.24) is 4.90 Å². The third kappa shape index (κ3) is 4.39. The van der Waals surface area contributed by atoms with Gasteiger partial charge < -0.3 is 19.9 Å². The Labute approximate surface area is 170 Å². The van der Waals surface area contributed by atoms with E-state index in [9.17, 15) is 9.59 Å². The minimum Gasteiger partial charge on any atom is -0.450 e. The first-order chi connectivity index (χ1) is 13.5. The van der Waals surface area contributed by atoms with Gasteiger partial charge in [0.15, 0.2) is 0 Å². The van der Waals surface area contributed by atoms with Crippen LogP contribution in [0.4, 0.5) is 16.2 Å². The van der Waals surface area contributed by atoms with E-state index in [1.165, 1.54) is 0 Å². The number of ether oxygens (including phenoxy) is 1.